The third-order valence-electron chi connectivity index (χ3n) is 5.95. The average molecular weight is 471 g/mol. The predicted molar refractivity (Wildman–Crippen MR) is 133 cm³/mol. The van der Waals surface area contributed by atoms with Crippen molar-refractivity contribution >= 4 is 17.7 Å². The fourth-order valence-electron chi connectivity index (χ4n) is 3.81. The van der Waals surface area contributed by atoms with Crippen LogP contribution in [0.3, 0.4) is 0 Å². The number of rotatable bonds is 23. The Morgan fingerprint density at radius 3 is 1.70 bits per heavy atom. The molecule has 3 amide bonds. The highest BCUT2D eigenvalue weighted by Gasteiger charge is 2.24. The van der Waals surface area contributed by atoms with Gasteiger partial charge in [-0.3, -0.25) is 14.4 Å². The van der Waals surface area contributed by atoms with Gasteiger partial charge in [0.25, 0.3) is 0 Å². The van der Waals surface area contributed by atoms with Gasteiger partial charge in [0.1, 0.15) is 12.1 Å². The third-order valence-corrected chi connectivity index (χ3v) is 5.95. The summed E-state index contributed by atoms with van der Waals surface area (Å²) < 4.78 is 0. The molecule has 33 heavy (non-hydrogen) atoms. The molecule has 0 rings (SSSR count). The van der Waals surface area contributed by atoms with Gasteiger partial charge in [-0.05, 0) is 32.2 Å². The number of hydrogen-bond donors (Lipinski definition) is 5. The molecule has 0 radical (unpaired) electrons. The summed E-state index contributed by atoms with van der Waals surface area (Å²) in [6.45, 7) is 2.20. The van der Waals surface area contributed by atoms with Crippen molar-refractivity contribution in [1.29, 1.82) is 0 Å². The third kappa shape index (κ3) is 18.4. The largest absolute Gasteiger partial charge is 0.394 e. The number of aliphatic hydroxyl groups is 1. The van der Waals surface area contributed by atoms with Crippen LogP contribution in [0.2, 0.25) is 0 Å². The maximum absolute atomic E-state index is 12.3. The van der Waals surface area contributed by atoms with Crippen LogP contribution >= 0.6 is 0 Å². The number of carbonyl (C=O) groups is 3. The molecular formula is C25H50N4O4. The lowest BCUT2D eigenvalue weighted by molar-refractivity contribution is -0.132. The molecule has 2 atom stereocenters. The summed E-state index contributed by atoms with van der Waals surface area (Å²) in [4.78, 5) is 36.0. The fraction of sp³-hybridized carbons (Fsp3) is 0.880. The van der Waals surface area contributed by atoms with E-state index in [9.17, 15) is 19.5 Å². The van der Waals surface area contributed by atoms with Crippen molar-refractivity contribution in [3.8, 4) is 0 Å². The number of nitrogens with two attached hydrogens (primary N) is 2. The molecule has 0 bridgehead atoms. The quantitative estimate of drug-likeness (QED) is 0.146. The highest BCUT2D eigenvalue weighted by Crippen LogP contribution is 2.13. The molecule has 0 fully saturated rings. The van der Waals surface area contributed by atoms with E-state index < -0.39 is 30.5 Å². The Morgan fingerprint density at radius 2 is 1.24 bits per heavy atom. The Labute approximate surface area is 201 Å². The predicted octanol–water partition coefficient (Wildman–Crippen LogP) is 3.04. The summed E-state index contributed by atoms with van der Waals surface area (Å²) in [5.41, 5.74) is 10.8. The summed E-state index contributed by atoms with van der Waals surface area (Å²) in [7, 11) is 0. The van der Waals surface area contributed by atoms with Gasteiger partial charge in [0.05, 0.1) is 6.61 Å². The molecule has 8 heteroatoms. The molecule has 0 unspecified atom stereocenters. The first-order chi connectivity index (χ1) is 16.0. The Morgan fingerprint density at radius 1 is 0.727 bits per heavy atom. The molecule has 0 aromatic heterocycles. The van der Waals surface area contributed by atoms with Crippen LogP contribution in [-0.2, 0) is 14.4 Å². The first-order valence-corrected chi connectivity index (χ1v) is 13.2. The smallest absolute Gasteiger partial charge is 0.245 e. The zero-order valence-corrected chi connectivity index (χ0v) is 20.9. The molecule has 7 N–H and O–H groups in total. The lowest BCUT2D eigenvalue weighted by atomic mass is 10.0. The van der Waals surface area contributed by atoms with Crippen LogP contribution in [0.25, 0.3) is 0 Å². The maximum Gasteiger partial charge on any atom is 0.245 e. The second-order valence-corrected chi connectivity index (χ2v) is 9.04. The topological polar surface area (TPSA) is 148 Å². The number of carbonyl (C=O) groups excluding carboxylic acids is 3. The standard InChI is InChI=1S/C25H50N4O4/c1-2-3-4-5-6-7-8-9-10-11-12-13-14-18-23(31)28-22(20-30)25(33)29-21(24(27)32)17-15-16-19-26/h21-22,30H,2-20,26H2,1H3,(H2,27,32)(H,28,31)(H,29,33)/t21-,22-/m0/s1. The van der Waals surface area contributed by atoms with Crippen LogP contribution in [0.5, 0.6) is 0 Å². The van der Waals surface area contributed by atoms with Crippen LogP contribution in [0.4, 0.5) is 0 Å². The molecule has 0 heterocycles. The fourth-order valence-corrected chi connectivity index (χ4v) is 3.81. The van der Waals surface area contributed by atoms with Gasteiger partial charge in [-0.15, -0.1) is 0 Å². The lowest BCUT2D eigenvalue weighted by Crippen LogP contribution is -2.54. The normalized spacial score (nSPS) is 12.8. The van der Waals surface area contributed by atoms with Gasteiger partial charge in [-0.1, -0.05) is 84.0 Å². The number of amides is 3. The van der Waals surface area contributed by atoms with Gasteiger partial charge in [0, 0.05) is 6.42 Å². The molecular weight excluding hydrogens is 420 g/mol. The number of hydrogen-bond acceptors (Lipinski definition) is 5. The molecule has 0 saturated carbocycles. The van der Waals surface area contributed by atoms with Crippen molar-refractivity contribution in [2.24, 2.45) is 11.5 Å². The van der Waals surface area contributed by atoms with Crippen molar-refractivity contribution in [2.75, 3.05) is 13.2 Å². The van der Waals surface area contributed by atoms with Crippen molar-refractivity contribution < 1.29 is 19.5 Å². The molecule has 0 aromatic carbocycles. The SMILES string of the molecule is CCCCCCCCCCCCCCCC(=O)N[C@@H](CO)C(=O)N[C@@H](CCCCN)C(N)=O. The van der Waals surface area contributed by atoms with Crippen molar-refractivity contribution in [3.05, 3.63) is 0 Å². The first kappa shape index (κ1) is 31.3. The monoisotopic (exact) mass is 470 g/mol. The summed E-state index contributed by atoms with van der Waals surface area (Å²) in [6.07, 6.45) is 18.1. The van der Waals surface area contributed by atoms with E-state index in [2.05, 4.69) is 17.6 Å². The number of unbranched alkanes of at least 4 members (excludes halogenated alkanes) is 13. The van der Waals surface area contributed by atoms with E-state index in [0.717, 1.165) is 25.7 Å². The second kappa shape index (κ2) is 22.1. The molecule has 0 saturated heterocycles. The molecule has 0 aliphatic rings. The molecule has 194 valence electrons. The van der Waals surface area contributed by atoms with E-state index in [4.69, 9.17) is 11.5 Å². The summed E-state index contributed by atoms with van der Waals surface area (Å²) in [5, 5.41) is 14.6. The number of aliphatic hydroxyl groups excluding tert-OH is 1. The first-order valence-electron chi connectivity index (χ1n) is 13.2. The van der Waals surface area contributed by atoms with Crippen LogP contribution in [0, 0.1) is 0 Å². The van der Waals surface area contributed by atoms with Crippen LogP contribution in [0.15, 0.2) is 0 Å². The van der Waals surface area contributed by atoms with Gasteiger partial charge >= 0.3 is 0 Å². The Bertz CT molecular complexity index is 517. The molecule has 0 spiro atoms. The summed E-state index contributed by atoms with van der Waals surface area (Å²) >= 11 is 0. The molecule has 0 aliphatic carbocycles. The Hall–Kier alpha value is -1.67. The van der Waals surface area contributed by atoms with Crippen molar-refractivity contribution in [3.63, 3.8) is 0 Å². The number of primary amides is 1. The van der Waals surface area contributed by atoms with E-state index in [0.29, 0.717) is 25.8 Å². The second-order valence-electron chi connectivity index (χ2n) is 9.04. The van der Waals surface area contributed by atoms with Crippen LogP contribution < -0.4 is 22.1 Å². The van der Waals surface area contributed by atoms with Gasteiger partial charge < -0.3 is 27.2 Å². The Kier molecular flexibility index (Phi) is 21.0. The summed E-state index contributed by atoms with van der Waals surface area (Å²) in [5.74, 6) is -1.52. The van der Waals surface area contributed by atoms with Crippen LogP contribution in [-0.4, -0.2) is 48.1 Å². The van der Waals surface area contributed by atoms with Gasteiger partial charge in [-0.25, -0.2) is 0 Å². The minimum Gasteiger partial charge on any atom is -0.394 e. The molecule has 0 aliphatic heterocycles. The highest BCUT2D eigenvalue weighted by molar-refractivity contribution is 5.91. The van der Waals surface area contributed by atoms with Crippen molar-refractivity contribution in [1.82, 2.24) is 10.6 Å². The Balaban J connectivity index is 3.89. The lowest BCUT2D eigenvalue weighted by Gasteiger charge is -2.20. The van der Waals surface area contributed by atoms with Gasteiger partial charge in [0.15, 0.2) is 0 Å². The maximum atomic E-state index is 12.3. The van der Waals surface area contributed by atoms with E-state index in [1.54, 1.807) is 0 Å². The zero-order valence-electron chi connectivity index (χ0n) is 20.9. The average Bonchev–Trinajstić information content (AvgIpc) is 2.79. The minimum atomic E-state index is -1.09. The molecule has 8 nitrogen and oxygen atoms in total. The van der Waals surface area contributed by atoms with E-state index in [1.165, 1.54) is 64.2 Å². The minimum absolute atomic E-state index is 0.272. The van der Waals surface area contributed by atoms with Gasteiger partial charge in [0.2, 0.25) is 17.7 Å². The molecule has 0 aromatic rings. The summed E-state index contributed by atoms with van der Waals surface area (Å²) in [6, 6.07) is -1.92. The van der Waals surface area contributed by atoms with Crippen LogP contribution in [0.1, 0.15) is 116 Å². The van der Waals surface area contributed by atoms with E-state index >= 15 is 0 Å². The number of nitrogens with one attached hydrogen (secondary N) is 2. The highest BCUT2D eigenvalue weighted by atomic mass is 16.3. The van der Waals surface area contributed by atoms with E-state index in [-0.39, 0.29) is 5.91 Å². The van der Waals surface area contributed by atoms with Gasteiger partial charge in [-0.2, -0.15) is 0 Å². The van der Waals surface area contributed by atoms with Crippen molar-refractivity contribution in [2.45, 2.75) is 128 Å². The van der Waals surface area contributed by atoms with E-state index in [1.807, 2.05) is 0 Å². The zero-order chi connectivity index (χ0) is 24.7.